The van der Waals surface area contributed by atoms with Crippen molar-refractivity contribution in [2.24, 2.45) is 5.92 Å². The molecular formula is C17H20F3NO3. The van der Waals surface area contributed by atoms with Crippen LogP contribution in [0.1, 0.15) is 30.9 Å². The van der Waals surface area contributed by atoms with Crippen molar-refractivity contribution in [2.75, 3.05) is 13.1 Å². The quantitative estimate of drug-likeness (QED) is 0.677. The minimum absolute atomic E-state index is 0.314. The molecule has 3 rings (SSSR count). The van der Waals surface area contributed by atoms with Gasteiger partial charge in [0.05, 0.1) is 0 Å². The van der Waals surface area contributed by atoms with Crippen molar-refractivity contribution in [3.8, 4) is 11.5 Å². The first-order valence-corrected chi connectivity index (χ1v) is 8.18. The molecule has 0 saturated carbocycles. The summed E-state index contributed by atoms with van der Waals surface area (Å²) in [4.78, 5) is 13.6. The van der Waals surface area contributed by atoms with Gasteiger partial charge in [0.25, 0.3) is 0 Å². The van der Waals surface area contributed by atoms with Crippen LogP contribution in [-0.2, 0) is 17.6 Å². The highest BCUT2D eigenvalue weighted by Crippen LogP contribution is 2.43. The highest BCUT2D eigenvalue weighted by molar-refractivity contribution is 5.79. The van der Waals surface area contributed by atoms with E-state index in [2.05, 4.69) is 16.6 Å². The molecule has 7 heteroatoms. The smallest absolute Gasteiger partial charge is 0.491 e. The number of benzene rings is 1. The molecule has 1 aromatic rings. The number of hydrogen-bond donors (Lipinski definition) is 1. The summed E-state index contributed by atoms with van der Waals surface area (Å²) in [7, 11) is 0. The van der Waals surface area contributed by atoms with E-state index in [9.17, 15) is 23.1 Å². The first kappa shape index (κ1) is 17.1. The fraction of sp³-hybridized carbons (Fsp3) is 0.588. The number of ether oxygens (including phenoxy) is 1. The summed E-state index contributed by atoms with van der Waals surface area (Å²) in [6.45, 7) is 4.10. The van der Waals surface area contributed by atoms with E-state index in [1.165, 1.54) is 6.07 Å². The monoisotopic (exact) mass is 343 g/mol. The summed E-state index contributed by atoms with van der Waals surface area (Å²) < 4.78 is 42.0. The number of phenolic OH excluding ortho intramolecular Hbond substituents is 1. The van der Waals surface area contributed by atoms with Gasteiger partial charge in [0.1, 0.15) is 0 Å². The molecule has 1 aliphatic carbocycles. The number of nitrogens with zero attached hydrogens (tertiary/aromatic N) is 1. The van der Waals surface area contributed by atoms with Gasteiger partial charge in [-0.15, -0.1) is 0 Å². The van der Waals surface area contributed by atoms with Crippen molar-refractivity contribution in [1.82, 2.24) is 4.90 Å². The van der Waals surface area contributed by atoms with Crippen molar-refractivity contribution < 1.29 is 27.8 Å². The van der Waals surface area contributed by atoms with Gasteiger partial charge in [0, 0.05) is 11.6 Å². The molecule has 2 aliphatic rings. The standard InChI is InChI=1S/C17H20F3NO3/c1-2-6-21-7-5-11-8-12-10(9-13(11)21)3-4-14(22)15(12)24-16(23)17(18,19)20/h3-4,11,13,22H,2,5-9H2,1H3/t11-,13+/m0/s1. The van der Waals surface area contributed by atoms with Crippen LogP contribution in [0.15, 0.2) is 12.1 Å². The predicted octanol–water partition coefficient (Wildman–Crippen LogP) is 3.06. The molecule has 0 radical (unpaired) electrons. The van der Waals surface area contributed by atoms with E-state index >= 15 is 0 Å². The lowest BCUT2D eigenvalue weighted by Crippen LogP contribution is -2.38. The van der Waals surface area contributed by atoms with Crippen LogP contribution in [0.25, 0.3) is 0 Å². The Balaban J connectivity index is 1.89. The molecule has 0 bridgehead atoms. The van der Waals surface area contributed by atoms with Crippen LogP contribution < -0.4 is 4.74 Å². The van der Waals surface area contributed by atoms with Crippen molar-refractivity contribution in [1.29, 1.82) is 0 Å². The number of hydrogen-bond acceptors (Lipinski definition) is 4. The number of likely N-dealkylation sites (tertiary alicyclic amines) is 1. The Morgan fingerprint density at radius 1 is 1.38 bits per heavy atom. The van der Waals surface area contributed by atoms with Crippen LogP contribution >= 0.6 is 0 Å². The molecule has 132 valence electrons. The molecule has 0 amide bonds. The molecule has 0 aromatic heterocycles. The zero-order chi connectivity index (χ0) is 17.5. The summed E-state index contributed by atoms with van der Waals surface area (Å²) in [5.41, 5.74) is 1.38. The number of phenols is 1. The second kappa shape index (κ2) is 6.27. The Bertz CT molecular complexity index is 645. The van der Waals surface area contributed by atoms with Crippen LogP contribution in [0, 0.1) is 5.92 Å². The van der Waals surface area contributed by atoms with Crippen molar-refractivity contribution >= 4 is 5.97 Å². The lowest BCUT2D eigenvalue weighted by Gasteiger charge is -2.33. The molecule has 2 atom stereocenters. The maximum Gasteiger partial charge on any atom is 0.491 e. The summed E-state index contributed by atoms with van der Waals surface area (Å²) in [5, 5.41) is 9.90. The van der Waals surface area contributed by atoms with Gasteiger partial charge in [0.15, 0.2) is 11.5 Å². The van der Waals surface area contributed by atoms with Gasteiger partial charge in [-0.25, -0.2) is 4.79 Å². The number of fused-ring (bicyclic) bond motifs is 2. The predicted molar refractivity (Wildman–Crippen MR) is 81.0 cm³/mol. The molecule has 1 aliphatic heterocycles. The largest absolute Gasteiger partial charge is 0.504 e. The normalized spacial score (nSPS) is 23.7. The molecule has 0 unspecified atom stereocenters. The third-order valence-electron chi connectivity index (χ3n) is 4.97. The third-order valence-corrected chi connectivity index (χ3v) is 4.97. The molecule has 0 spiro atoms. The molecule has 1 heterocycles. The van der Waals surface area contributed by atoms with Crippen molar-refractivity contribution in [2.45, 2.75) is 44.8 Å². The Morgan fingerprint density at radius 2 is 2.12 bits per heavy atom. The number of rotatable bonds is 3. The molecular weight excluding hydrogens is 323 g/mol. The lowest BCUT2D eigenvalue weighted by atomic mass is 9.80. The summed E-state index contributed by atoms with van der Waals surface area (Å²) in [6.07, 6.45) is -1.84. The van der Waals surface area contributed by atoms with Gasteiger partial charge >= 0.3 is 12.1 Å². The van der Waals surface area contributed by atoms with Crippen LogP contribution in [-0.4, -0.2) is 41.3 Å². The average Bonchev–Trinajstić information content (AvgIpc) is 2.90. The van der Waals surface area contributed by atoms with Crippen LogP contribution in [0.5, 0.6) is 11.5 Å². The Labute approximate surface area is 138 Å². The third kappa shape index (κ3) is 3.09. The van der Waals surface area contributed by atoms with Gasteiger partial charge in [-0.05, 0) is 56.3 Å². The fourth-order valence-electron chi connectivity index (χ4n) is 3.91. The maximum absolute atomic E-state index is 12.5. The van der Waals surface area contributed by atoms with E-state index in [0.29, 0.717) is 30.4 Å². The van der Waals surface area contributed by atoms with E-state index in [1.54, 1.807) is 6.07 Å². The minimum Gasteiger partial charge on any atom is -0.504 e. The summed E-state index contributed by atoms with van der Waals surface area (Å²) in [5.74, 6) is -2.74. The van der Waals surface area contributed by atoms with E-state index in [4.69, 9.17) is 0 Å². The second-order valence-corrected chi connectivity index (χ2v) is 6.50. The fourth-order valence-corrected chi connectivity index (χ4v) is 3.91. The average molecular weight is 343 g/mol. The lowest BCUT2D eigenvalue weighted by molar-refractivity contribution is -0.189. The maximum atomic E-state index is 12.5. The van der Waals surface area contributed by atoms with E-state index < -0.39 is 17.9 Å². The van der Waals surface area contributed by atoms with Crippen LogP contribution in [0.3, 0.4) is 0 Å². The Kier molecular flexibility index (Phi) is 4.46. The van der Waals surface area contributed by atoms with Crippen molar-refractivity contribution in [3.05, 3.63) is 23.3 Å². The molecule has 1 fully saturated rings. The number of carbonyl (C=O) groups is 1. The van der Waals surface area contributed by atoms with Gasteiger partial charge < -0.3 is 9.84 Å². The first-order valence-electron chi connectivity index (χ1n) is 8.18. The number of carbonyl (C=O) groups excluding carboxylic acids is 1. The Morgan fingerprint density at radius 3 is 2.79 bits per heavy atom. The Hall–Kier alpha value is -1.76. The van der Waals surface area contributed by atoms with Gasteiger partial charge in [-0.3, -0.25) is 4.90 Å². The number of halogens is 3. The highest BCUT2D eigenvalue weighted by atomic mass is 19.4. The topological polar surface area (TPSA) is 49.8 Å². The number of alkyl halides is 3. The zero-order valence-electron chi connectivity index (χ0n) is 13.4. The minimum atomic E-state index is -5.09. The van der Waals surface area contributed by atoms with Gasteiger partial charge in [-0.2, -0.15) is 13.2 Å². The second-order valence-electron chi connectivity index (χ2n) is 6.50. The van der Waals surface area contributed by atoms with E-state index in [1.807, 2.05) is 0 Å². The first-order chi connectivity index (χ1) is 11.3. The van der Waals surface area contributed by atoms with Gasteiger partial charge in [0.2, 0.25) is 0 Å². The summed E-state index contributed by atoms with van der Waals surface area (Å²) in [6, 6.07) is 3.39. The van der Waals surface area contributed by atoms with Crippen LogP contribution in [0.4, 0.5) is 13.2 Å². The molecule has 1 saturated heterocycles. The van der Waals surface area contributed by atoms with E-state index in [-0.39, 0.29) is 5.75 Å². The van der Waals surface area contributed by atoms with Crippen molar-refractivity contribution in [3.63, 3.8) is 0 Å². The molecule has 1 N–H and O–H groups in total. The molecule has 1 aromatic carbocycles. The molecule has 24 heavy (non-hydrogen) atoms. The summed E-state index contributed by atoms with van der Waals surface area (Å²) >= 11 is 0. The molecule has 4 nitrogen and oxygen atoms in total. The van der Waals surface area contributed by atoms with E-state index in [0.717, 1.165) is 31.5 Å². The zero-order valence-corrected chi connectivity index (χ0v) is 13.4. The van der Waals surface area contributed by atoms with Gasteiger partial charge in [-0.1, -0.05) is 13.0 Å². The number of aromatic hydroxyl groups is 1. The highest BCUT2D eigenvalue weighted by Gasteiger charge is 2.43. The van der Waals surface area contributed by atoms with Crippen LogP contribution in [0.2, 0.25) is 0 Å². The number of esters is 1. The SMILES string of the molecule is CCCN1CC[C@H]2Cc3c(ccc(O)c3OC(=O)C(F)(F)F)C[C@H]21.